The molecular formula is C17H15BrN2O3. The summed E-state index contributed by atoms with van der Waals surface area (Å²) in [6.07, 6.45) is 3.92. The van der Waals surface area contributed by atoms with Gasteiger partial charge in [-0.3, -0.25) is 9.78 Å². The zero-order valence-electron chi connectivity index (χ0n) is 12.3. The maximum atomic E-state index is 12.5. The van der Waals surface area contributed by atoms with Crippen molar-refractivity contribution in [1.82, 2.24) is 9.88 Å². The fourth-order valence-corrected chi connectivity index (χ4v) is 3.04. The molecule has 1 aliphatic rings. The predicted molar refractivity (Wildman–Crippen MR) is 88.2 cm³/mol. The van der Waals surface area contributed by atoms with Crippen molar-refractivity contribution in [1.29, 1.82) is 0 Å². The Morgan fingerprint density at radius 3 is 2.65 bits per heavy atom. The average molecular weight is 375 g/mol. The largest absolute Gasteiger partial charge is 0.478 e. The Labute approximate surface area is 142 Å². The minimum atomic E-state index is -0.969. The molecule has 118 valence electrons. The summed E-state index contributed by atoms with van der Waals surface area (Å²) >= 11 is 3.37. The third kappa shape index (κ3) is 3.42. The van der Waals surface area contributed by atoms with Crippen LogP contribution in [0.15, 0.2) is 41.1 Å². The second-order valence-electron chi connectivity index (χ2n) is 5.50. The predicted octanol–water partition coefficient (Wildman–Crippen LogP) is 2.67. The van der Waals surface area contributed by atoms with E-state index in [4.69, 9.17) is 0 Å². The number of carbonyl (C=O) groups is 2. The summed E-state index contributed by atoms with van der Waals surface area (Å²) < 4.78 is 0.980. The van der Waals surface area contributed by atoms with Crippen LogP contribution in [0.3, 0.4) is 0 Å². The second kappa shape index (κ2) is 6.50. The molecule has 3 rings (SSSR count). The highest BCUT2D eigenvalue weighted by Gasteiger charge is 2.24. The Bertz CT molecular complexity index is 759. The lowest BCUT2D eigenvalue weighted by Gasteiger charge is -2.29. The van der Waals surface area contributed by atoms with E-state index in [1.165, 1.54) is 6.20 Å². The van der Waals surface area contributed by atoms with Crippen LogP contribution in [0.25, 0.3) is 0 Å². The summed E-state index contributed by atoms with van der Waals surface area (Å²) in [4.78, 5) is 29.4. The molecule has 0 atom stereocenters. The van der Waals surface area contributed by atoms with Crippen molar-refractivity contribution in [2.75, 3.05) is 6.54 Å². The number of carboxylic acids is 1. The van der Waals surface area contributed by atoms with E-state index in [1.807, 2.05) is 24.3 Å². The minimum absolute atomic E-state index is 0.0405. The van der Waals surface area contributed by atoms with Gasteiger partial charge in [-0.2, -0.15) is 0 Å². The topological polar surface area (TPSA) is 70.5 Å². The van der Waals surface area contributed by atoms with Gasteiger partial charge in [-0.25, -0.2) is 4.79 Å². The normalized spacial score (nSPS) is 13.5. The molecule has 1 aliphatic heterocycles. The smallest absolute Gasteiger partial charge is 0.337 e. The molecule has 0 saturated heterocycles. The lowest BCUT2D eigenvalue weighted by molar-refractivity contribution is -0.131. The number of aromatic nitrogens is 1. The van der Waals surface area contributed by atoms with Crippen LogP contribution in [0.1, 0.15) is 27.0 Å². The van der Waals surface area contributed by atoms with Gasteiger partial charge in [0.1, 0.15) is 0 Å². The first-order valence-corrected chi connectivity index (χ1v) is 8.05. The van der Waals surface area contributed by atoms with Crippen molar-refractivity contribution in [2.45, 2.75) is 19.4 Å². The number of halogens is 1. The molecule has 0 aliphatic carbocycles. The molecule has 2 heterocycles. The number of hydrogen-bond donors (Lipinski definition) is 1. The molecule has 1 aromatic heterocycles. The molecule has 6 heteroatoms. The van der Waals surface area contributed by atoms with E-state index in [2.05, 4.69) is 20.9 Å². The maximum Gasteiger partial charge on any atom is 0.337 e. The lowest BCUT2D eigenvalue weighted by atomic mass is 9.96. The van der Waals surface area contributed by atoms with E-state index < -0.39 is 5.97 Å². The molecule has 0 fully saturated rings. The van der Waals surface area contributed by atoms with Crippen molar-refractivity contribution in [3.05, 3.63) is 63.4 Å². The molecular weight excluding hydrogens is 360 g/mol. The number of rotatable bonds is 3. The van der Waals surface area contributed by atoms with E-state index in [9.17, 15) is 14.7 Å². The van der Waals surface area contributed by atoms with Crippen molar-refractivity contribution < 1.29 is 14.7 Å². The molecule has 23 heavy (non-hydrogen) atoms. The number of pyridine rings is 1. The summed E-state index contributed by atoms with van der Waals surface area (Å²) in [5, 5.41) is 9.21. The molecule has 1 aromatic carbocycles. The van der Waals surface area contributed by atoms with Gasteiger partial charge in [-0.15, -0.1) is 0 Å². The molecule has 0 spiro atoms. The number of carbonyl (C=O) groups excluding carboxylic acids is 1. The number of benzene rings is 1. The highest BCUT2D eigenvalue weighted by Crippen LogP contribution is 2.22. The summed E-state index contributed by atoms with van der Waals surface area (Å²) in [7, 11) is 0. The van der Waals surface area contributed by atoms with E-state index >= 15 is 0 Å². The van der Waals surface area contributed by atoms with Gasteiger partial charge in [-0.05, 0) is 35.2 Å². The summed E-state index contributed by atoms with van der Waals surface area (Å²) in [6, 6.07) is 7.67. The van der Waals surface area contributed by atoms with Gasteiger partial charge < -0.3 is 10.0 Å². The number of fused-ring (bicyclic) bond motifs is 1. The van der Waals surface area contributed by atoms with Crippen molar-refractivity contribution in [3.63, 3.8) is 0 Å². The first-order chi connectivity index (χ1) is 11.0. The average Bonchev–Trinajstić information content (AvgIpc) is 2.55. The van der Waals surface area contributed by atoms with Crippen LogP contribution in [0.4, 0.5) is 0 Å². The van der Waals surface area contributed by atoms with Crippen LogP contribution in [0, 0.1) is 0 Å². The third-order valence-corrected chi connectivity index (χ3v) is 4.52. The summed E-state index contributed by atoms with van der Waals surface area (Å²) in [5.74, 6) is -0.928. The lowest BCUT2D eigenvalue weighted by Crippen LogP contribution is -2.37. The standard InChI is InChI=1S/C17H15BrN2O3/c18-13-3-1-11(2-4-13)7-16(21)20-6-5-14-12(10-20)8-19-9-15(14)17(22)23/h1-4,8-9H,5-7,10H2,(H,22,23). The SMILES string of the molecule is O=C(O)c1cncc2c1CCN(C(=O)Cc1ccc(Br)cc1)C2. The van der Waals surface area contributed by atoms with Gasteiger partial charge in [0.2, 0.25) is 5.91 Å². The number of hydrogen-bond acceptors (Lipinski definition) is 3. The van der Waals surface area contributed by atoms with Crippen LogP contribution in [0.2, 0.25) is 0 Å². The van der Waals surface area contributed by atoms with Gasteiger partial charge in [-0.1, -0.05) is 28.1 Å². The molecule has 5 nitrogen and oxygen atoms in total. The zero-order chi connectivity index (χ0) is 16.4. The Morgan fingerprint density at radius 2 is 1.96 bits per heavy atom. The Hall–Kier alpha value is -2.21. The van der Waals surface area contributed by atoms with Gasteiger partial charge in [0, 0.05) is 30.0 Å². The van der Waals surface area contributed by atoms with Gasteiger partial charge in [0.25, 0.3) is 0 Å². The van der Waals surface area contributed by atoms with Crippen LogP contribution in [-0.4, -0.2) is 33.4 Å². The highest BCUT2D eigenvalue weighted by atomic mass is 79.9. The van der Waals surface area contributed by atoms with Crippen molar-refractivity contribution >= 4 is 27.8 Å². The molecule has 1 amide bonds. The summed E-state index contributed by atoms with van der Waals surface area (Å²) in [5.41, 5.74) is 2.81. The Balaban J connectivity index is 1.74. The first kappa shape index (κ1) is 15.7. The molecule has 0 bridgehead atoms. The van der Waals surface area contributed by atoms with Gasteiger partial charge >= 0.3 is 5.97 Å². The molecule has 1 N–H and O–H groups in total. The monoisotopic (exact) mass is 374 g/mol. The summed E-state index contributed by atoms with van der Waals surface area (Å²) in [6.45, 7) is 0.950. The van der Waals surface area contributed by atoms with E-state index in [1.54, 1.807) is 11.1 Å². The fraction of sp³-hybridized carbons (Fsp3) is 0.235. The van der Waals surface area contributed by atoms with Gasteiger partial charge in [0.15, 0.2) is 0 Å². The minimum Gasteiger partial charge on any atom is -0.478 e. The van der Waals surface area contributed by atoms with Gasteiger partial charge in [0.05, 0.1) is 12.0 Å². The van der Waals surface area contributed by atoms with E-state index in [-0.39, 0.29) is 11.5 Å². The second-order valence-corrected chi connectivity index (χ2v) is 6.41. The number of amides is 1. The van der Waals surface area contributed by atoms with Crippen LogP contribution >= 0.6 is 15.9 Å². The number of nitrogens with zero attached hydrogens (tertiary/aromatic N) is 2. The molecule has 0 unspecified atom stereocenters. The van der Waals surface area contributed by atoms with Crippen molar-refractivity contribution in [2.24, 2.45) is 0 Å². The van der Waals surface area contributed by atoms with Crippen LogP contribution in [-0.2, 0) is 24.2 Å². The van der Waals surface area contributed by atoms with Crippen LogP contribution < -0.4 is 0 Å². The van der Waals surface area contributed by atoms with E-state index in [0.717, 1.165) is 21.2 Å². The highest BCUT2D eigenvalue weighted by molar-refractivity contribution is 9.10. The fourth-order valence-electron chi connectivity index (χ4n) is 2.78. The van der Waals surface area contributed by atoms with Crippen molar-refractivity contribution in [3.8, 4) is 0 Å². The first-order valence-electron chi connectivity index (χ1n) is 7.26. The molecule has 0 radical (unpaired) electrons. The Morgan fingerprint density at radius 1 is 1.22 bits per heavy atom. The maximum absolute atomic E-state index is 12.5. The van der Waals surface area contributed by atoms with Crippen LogP contribution in [0.5, 0.6) is 0 Å². The molecule has 2 aromatic rings. The quantitative estimate of drug-likeness (QED) is 0.896. The zero-order valence-corrected chi connectivity index (χ0v) is 13.9. The number of carboxylic acid groups (broad SMARTS) is 1. The number of aromatic carboxylic acids is 1. The third-order valence-electron chi connectivity index (χ3n) is 3.99. The van der Waals surface area contributed by atoms with E-state index in [0.29, 0.717) is 25.9 Å². The Kier molecular flexibility index (Phi) is 4.43. The molecule has 0 saturated carbocycles.